The van der Waals surface area contributed by atoms with Crippen LogP contribution in [0, 0.1) is 0 Å². The molecule has 1 aromatic heterocycles. The second-order valence-electron chi connectivity index (χ2n) is 4.52. The van der Waals surface area contributed by atoms with E-state index in [1.54, 1.807) is 12.3 Å². The molecule has 0 bridgehead atoms. The van der Waals surface area contributed by atoms with Gasteiger partial charge in [0, 0.05) is 19.3 Å². The lowest BCUT2D eigenvalue weighted by Crippen LogP contribution is -2.36. The van der Waals surface area contributed by atoms with Crippen LogP contribution in [-0.2, 0) is 13.1 Å². The molecule has 0 fully saturated rings. The minimum atomic E-state index is 0. The van der Waals surface area contributed by atoms with Crippen molar-refractivity contribution in [3.63, 3.8) is 0 Å². The fourth-order valence-corrected chi connectivity index (χ4v) is 1.91. The molecule has 1 aromatic carbocycles. The summed E-state index contributed by atoms with van der Waals surface area (Å²) in [7, 11) is 0. The van der Waals surface area contributed by atoms with Gasteiger partial charge in [0.2, 0.25) is 0 Å². The van der Waals surface area contributed by atoms with E-state index in [9.17, 15) is 0 Å². The van der Waals surface area contributed by atoms with Crippen molar-refractivity contribution in [1.29, 1.82) is 0 Å². The van der Waals surface area contributed by atoms with Crippen LogP contribution in [0.1, 0.15) is 18.1 Å². The average molecular weight is 431 g/mol. The van der Waals surface area contributed by atoms with Crippen molar-refractivity contribution in [1.82, 2.24) is 15.6 Å². The van der Waals surface area contributed by atoms with Gasteiger partial charge in [-0.3, -0.25) is 0 Å². The number of aromatic nitrogens is 1. The average Bonchev–Trinajstić information content (AvgIpc) is 2.52. The summed E-state index contributed by atoms with van der Waals surface area (Å²) in [6, 6.07) is 13.9. The second-order valence-corrected chi connectivity index (χ2v) is 4.91. The molecule has 1 heterocycles. The Labute approximate surface area is 153 Å². The maximum absolute atomic E-state index is 5.77. The van der Waals surface area contributed by atoms with Gasteiger partial charge in [-0.2, -0.15) is 0 Å². The normalized spacial score (nSPS) is 10.7. The van der Waals surface area contributed by atoms with Crippen molar-refractivity contribution in [3.8, 4) is 0 Å². The summed E-state index contributed by atoms with van der Waals surface area (Å²) in [6.45, 7) is 4.17. The van der Waals surface area contributed by atoms with Crippen LogP contribution in [0.25, 0.3) is 0 Å². The van der Waals surface area contributed by atoms with Gasteiger partial charge in [-0.05, 0) is 24.1 Å². The SMILES string of the molecule is CCNC(=NCc1ccc(Cl)nc1)NCc1ccccc1.I. The Kier molecular flexibility index (Phi) is 8.84. The number of hydrogen-bond donors (Lipinski definition) is 2. The van der Waals surface area contributed by atoms with Gasteiger partial charge in [-0.15, -0.1) is 24.0 Å². The van der Waals surface area contributed by atoms with Gasteiger partial charge in [0.15, 0.2) is 5.96 Å². The van der Waals surface area contributed by atoms with Crippen LogP contribution >= 0.6 is 35.6 Å². The predicted molar refractivity (Wildman–Crippen MR) is 103 cm³/mol. The van der Waals surface area contributed by atoms with Gasteiger partial charge in [0.1, 0.15) is 5.15 Å². The van der Waals surface area contributed by atoms with E-state index in [0.29, 0.717) is 11.7 Å². The fraction of sp³-hybridized carbons (Fsp3) is 0.250. The Hall–Kier alpha value is -1.34. The van der Waals surface area contributed by atoms with Crippen molar-refractivity contribution in [2.45, 2.75) is 20.0 Å². The molecule has 0 saturated carbocycles. The summed E-state index contributed by atoms with van der Waals surface area (Å²) in [4.78, 5) is 8.59. The Morgan fingerprint density at radius 2 is 1.86 bits per heavy atom. The van der Waals surface area contributed by atoms with Crippen LogP contribution in [0.4, 0.5) is 0 Å². The lowest BCUT2D eigenvalue weighted by Gasteiger charge is -2.11. The van der Waals surface area contributed by atoms with Crippen LogP contribution < -0.4 is 10.6 Å². The molecule has 0 amide bonds. The molecule has 2 N–H and O–H groups in total. The number of nitrogens with one attached hydrogen (secondary N) is 2. The van der Waals surface area contributed by atoms with E-state index < -0.39 is 0 Å². The molecule has 0 atom stereocenters. The Morgan fingerprint density at radius 1 is 1.09 bits per heavy atom. The third-order valence-electron chi connectivity index (χ3n) is 2.86. The van der Waals surface area contributed by atoms with Gasteiger partial charge in [-0.25, -0.2) is 9.98 Å². The molecule has 0 saturated heterocycles. The molecular formula is C16H20ClIN4. The lowest BCUT2D eigenvalue weighted by atomic mass is 10.2. The first-order valence-corrected chi connectivity index (χ1v) is 7.32. The van der Waals surface area contributed by atoms with E-state index in [0.717, 1.165) is 24.6 Å². The zero-order valence-corrected chi connectivity index (χ0v) is 15.5. The van der Waals surface area contributed by atoms with E-state index in [4.69, 9.17) is 11.6 Å². The quantitative estimate of drug-likeness (QED) is 0.330. The van der Waals surface area contributed by atoms with Crippen molar-refractivity contribution in [2.75, 3.05) is 6.54 Å². The number of benzene rings is 1. The molecule has 0 aliphatic heterocycles. The first-order valence-electron chi connectivity index (χ1n) is 6.94. The standard InChI is InChI=1S/C16H19ClN4.HI/c1-2-18-16(20-10-13-6-4-3-5-7-13)21-12-14-8-9-15(17)19-11-14;/h3-9,11H,2,10,12H2,1H3,(H2,18,20,21);1H. The van der Waals surface area contributed by atoms with E-state index >= 15 is 0 Å². The maximum atomic E-state index is 5.77. The number of guanidine groups is 1. The molecule has 2 aromatic rings. The third-order valence-corrected chi connectivity index (χ3v) is 3.08. The fourth-order valence-electron chi connectivity index (χ4n) is 1.79. The van der Waals surface area contributed by atoms with Crippen LogP contribution in [-0.4, -0.2) is 17.5 Å². The van der Waals surface area contributed by atoms with E-state index in [1.807, 2.05) is 31.2 Å². The zero-order chi connectivity index (χ0) is 14.9. The molecule has 0 aliphatic carbocycles. The highest BCUT2D eigenvalue weighted by Gasteiger charge is 1.99. The van der Waals surface area contributed by atoms with Crippen molar-refractivity contribution < 1.29 is 0 Å². The molecule has 0 aliphatic rings. The Morgan fingerprint density at radius 3 is 2.50 bits per heavy atom. The Bertz CT molecular complexity index is 572. The third kappa shape index (κ3) is 6.62. The van der Waals surface area contributed by atoms with E-state index in [-0.39, 0.29) is 24.0 Å². The topological polar surface area (TPSA) is 49.3 Å². The van der Waals surface area contributed by atoms with Crippen molar-refractivity contribution in [2.24, 2.45) is 4.99 Å². The minimum Gasteiger partial charge on any atom is -0.357 e. The van der Waals surface area contributed by atoms with Gasteiger partial charge in [0.25, 0.3) is 0 Å². The Balaban J connectivity index is 0.00000242. The highest BCUT2D eigenvalue weighted by atomic mass is 127. The van der Waals surface area contributed by atoms with E-state index in [2.05, 4.69) is 32.7 Å². The lowest BCUT2D eigenvalue weighted by molar-refractivity contribution is 0.815. The first-order chi connectivity index (χ1) is 10.3. The van der Waals surface area contributed by atoms with Gasteiger partial charge in [0.05, 0.1) is 6.54 Å². The van der Waals surface area contributed by atoms with Crippen LogP contribution in [0.5, 0.6) is 0 Å². The van der Waals surface area contributed by atoms with Gasteiger partial charge < -0.3 is 10.6 Å². The minimum absolute atomic E-state index is 0. The monoisotopic (exact) mass is 430 g/mol. The van der Waals surface area contributed by atoms with Crippen LogP contribution in [0.2, 0.25) is 5.15 Å². The second kappa shape index (κ2) is 10.4. The van der Waals surface area contributed by atoms with Crippen molar-refractivity contribution >= 4 is 41.5 Å². The summed E-state index contributed by atoms with van der Waals surface area (Å²) in [5.74, 6) is 0.788. The predicted octanol–water partition coefficient (Wildman–Crippen LogP) is 3.61. The summed E-state index contributed by atoms with van der Waals surface area (Å²) >= 11 is 5.77. The first kappa shape index (κ1) is 18.7. The highest BCUT2D eigenvalue weighted by Crippen LogP contribution is 2.06. The molecule has 0 unspecified atom stereocenters. The maximum Gasteiger partial charge on any atom is 0.191 e. The molecular weight excluding hydrogens is 411 g/mol. The zero-order valence-electron chi connectivity index (χ0n) is 12.4. The molecule has 2 rings (SSSR count). The summed E-state index contributed by atoms with van der Waals surface area (Å²) < 4.78 is 0. The largest absolute Gasteiger partial charge is 0.357 e. The van der Waals surface area contributed by atoms with Crippen LogP contribution in [0.3, 0.4) is 0 Å². The number of hydrogen-bond acceptors (Lipinski definition) is 2. The van der Waals surface area contributed by atoms with Crippen LogP contribution in [0.15, 0.2) is 53.7 Å². The molecule has 6 heteroatoms. The number of rotatable bonds is 5. The number of nitrogens with zero attached hydrogens (tertiary/aromatic N) is 2. The smallest absolute Gasteiger partial charge is 0.191 e. The van der Waals surface area contributed by atoms with Gasteiger partial charge >= 0.3 is 0 Å². The summed E-state index contributed by atoms with van der Waals surface area (Å²) in [5.41, 5.74) is 2.24. The van der Waals surface area contributed by atoms with Gasteiger partial charge in [-0.1, -0.05) is 48.0 Å². The highest BCUT2D eigenvalue weighted by molar-refractivity contribution is 14.0. The molecule has 0 spiro atoms. The number of pyridine rings is 1. The number of halogens is 2. The molecule has 0 radical (unpaired) electrons. The van der Waals surface area contributed by atoms with Crippen molar-refractivity contribution in [3.05, 3.63) is 64.9 Å². The number of aliphatic imine (C=N–C) groups is 1. The summed E-state index contributed by atoms with van der Waals surface area (Å²) in [6.07, 6.45) is 1.74. The molecule has 4 nitrogen and oxygen atoms in total. The summed E-state index contributed by atoms with van der Waals surface area (Å²) in [5, 5.41) is 7.03. The molecule has 118 valence electrons. The van der Waals surface area contributed by atoms with E-state index in [1.165, 1.54) is 5.56 Å². The molecule has 22 heavy (non-hydrogen) atoms.